The molecule has 0 radical (unpaired) electrons. The van der Waals surface area contributed by atoms with Gasteiger partial charge in [-0.2, -0.15) is 0 Å². The second kappa shape index (κ2) is 7.80. The molecule has 1 fully saturated rings. The van der Waals surface area contributed by atoms with Gasteiger partial charge < -0.3 is 10.2 Å². The first-order valence-corrected chi connectivity index (χ1v) is 9.62. The van der Waals surface area contributed by atoms with E-state index in [0.29, 0.717) is 37.3 Å². The molecular weight excluding hydrogens is 350 g/mol. The van der Waals surface area contributed by atoms with Crippen LogP contribution in [0, 0.1) is 12.8 Å². The molecular formula is C23H23N3O2. The Bertz CT molecular complexity index is 1020. The van der Waals surface area contributed by atoms with Crippen molar-refractivity contribution in [1.29, 1.82) is 0 Å². The minimum absolute atomic E-state index is 0.0177. The number of nitrogens with one attached hydrogen (secondary N) is 1. The molecule has 1 aliphatic heterocycles. The van der Waals surface area contributed by atoms with Crippen molar-refractivity contribution in [2.75, 3.05) is 18.4 Å². The van der Waals surface area contributed by atoms with Gasteiger partial charge in [-0.3, -0.25) is 9.59 Å². The van der Waals surface area contributed by atoms with Gasteiger partial charge in [0.05, 0.1) is 0 Å². The van der Waals surface area contributed by atoms with Gasteiger partial charge in [0.15, 0.2) is 0 Å². The maximum Gasteiger partial charge on any atom is 0.253 e. The molecule has 1 aliphatic rings. The molecule has 1 N–H and O–H groups in total. The van der Waals surface area contributed by atoms with Gasteiger partial charge in [0, 0.05) is 30.8 Å². The Morgan fingerprint density at radius 2 is 1.75 bits per heavy atom. The lowest BCUT2D eigenvalue weighted by atomic mass is 9.95. The number of likely N-dealkylation sites (tertiary alicyclic amines) is 1. The lowest BCUT2D eigenvalue weighted by Gasteiger charge is -2.31. The van der Waals surface area contributed by atoms with Gasteiger partial charge in [-0.25, -0.2) is 4.98 Å². The molecule has 0 spiro atoms. The first kappa shape index (κ1) is 18.2. The zero-order valence-electron chi connectivity index (χ0n) is 15.9. The summed E-state index contributed by atoms with van der Waals surface area (Å²) in [5.41, 5.74) is 1.76. The van der Waals surface area contributed by atoms with E-state index in [-0.39, 0.29) is 17.7 Å². The number of amides is 2. The smallest absolute Gasteiger partial charge is 0.253 e. The van der Waals surface area contributed by atoms with Crippen LogP contribution < -0.4 is 5.32 Å². The molecule has 1 aromatic heterocycles. The maximum absolute atomic E-state index is 12.9. The Labute approximate surface area is 164 Å². The van der Waals surface area contributed by atoms with Crippen LogP contribution in [-0.4, -0.2) is 34.8 Å². The van der Waals surface area contributed by atoms with Crippen LogP contribution >= 0.6 is 0 Å². The number of carbonyl (C=O) groups excluding carboxylic acids is 2. The van der Waals surface area contributed by atoms with E-state index in [9.17, 15) is 9.59 Å². The fourth-order valence-corrected chi connectivity index (χ4v) is 3.68. The van der Waals surface area contributed by atoms with Gasteiger partial charge in [0.25, 0.3) is 5.91 Å². The van der Waals surface area contributed by atoms with Gasteiger partial charge >= 0.3 is 0 Å². The number of rotatable bonds is 3. The quantitative estimate of drug-likeness (QED) is 0.754. The van der Waals surface area contributed by atoms with E-state index >= 15 is 0 Å². The van der Waals surface area contributed by atoms with Crippen LogP contribution in [0.1, 0.15) is 28.8 Å². The SMILES string of the molecule is Cc1ccnc(NC(=O)C2CCN(C(=O)c3ccc4ccccc4c3)CC2)c1. The van der Waals surface area contributed by atoms with Crippen molar-refractivity contribution in [3.63, 3.8) is 0 Å². The van der Waals surface area contributed by atoms with Crippen molar-refractivity contribution >= 4 is 28.4 Å². The molecule has 0 aliphatic carbocycles. The Hall–Kier alpha value is -3.21. The molecule has 0 unspecified atom stereocenters. The summed E-state index contributed by atoms with van der Waals surface area (Å²) < 4.78 is 0. The number of aryl methyl sites for hydroxylation is 1. The predicted molar refractivity (Wildman–Crippen MR) is 110 cm³/mol. The second-order valence-corrected chi connectivity index (χ2v) is 7.34. The molecule has 5 nitrogen and oxygen atoms in total. The molecule has 0 bridgehead atoms. The Morgan fingerprint density at radius 1 is 1.00 bits per heavy atom. The molecule has 1 saturated heterocycles. The standard InChI is InChI=1S/C23H23N3O2/c1-16-8-11-24-21(14-16)25-22(27)18-9-12-26(13-10-18)23(28)20-7-6-17-4-2-3-5-19(17)15-20/h2-8,11,14-15,18H,9-10,12-13H2,1H3,(H,24,25,27). The van der Waals surface area contributed by atoms with Gasteiger partial charge in [0.2, 0.25) is 5.91 Å². The zero-order chi connectivity index (χ0) is 19.5. The summed E-state index contributed by atoms with van der Waals surface area (Å²) in [4.78, 5) is 31.4. The minimum Gasteiger partial charge on any atom is -0.339 e. The van der Waals surface area contributed by atoms with Gasteiger partial charge in [-0.15, -0.1) is 0 Å². The van der Waals surface area contributed by atoms with Crippen LogP contribution in [0.4, 0.5) is 5.82 Å². The van der Waals surface area contributed by atoms with Crippen molar-refractivity contribution in [2.24, 2.45) is 5.92 Å². The number of pyridine rings is 1. The number of hydrogen-bond donors (Lipinski definition) is 1. The third-order valence-electron chi connectivity index (χ3n) is 5.32. The minimum atomic E-state index is -0.0945. The van der Waals surface area contributed by atoms with Gasteiger partial charge in [-0.1, -0.05) is 30.3 Å². The van der Waals surface area contributed by atoms with Crippen molar-refractivity contribution in [2.45, 2.75) is 19.8 Å². The molecule has 4 rings (SSSR count). The highest BCUT2D eigenvalue weighted by atomic mass is 16.2. The molecule has 142 valence electrons. The molecule has 3 aromatic rings. The first-order valence-electron chi connectivity index (χ1n) is 9.62. The number of piperidine rings is 1. The molecule has 28 heavy (non-hydrogen) atoms. The normalized spacial score (nSPS) is 14.8. The van der Waals surface area contributed by atoms with Crippen LogP contribution in [0.5, 0.6) is 0 Å². The van der Waals surface area contributed by atoms with E-state index < -0.39 is 0 Å². The highest BCUT2D eigenvalue weighted by Crippen LogP contribution is 2.22. The lowest BCUT2D eigenvalue weighted by molar-refractivity contribution is -0.121. The highest BCUT2D eigenvalue weighted by molar-refractivity contribution is 5.99. The van der Waals surface area contributed by atoms with Crippen molar-refractivity contribution in [3.8, 4) is 0 Å². The second-order valence-electron chi connectivity index (χ2n) is 7.34. The summed E-state index contributed by atoms with van der Waals surface area (Å²) in [6.07, 6.45) is 3.02. The number of carbonyl (C=O) groups is 2. The number of aromatic nitrogens is 1. The van der Waals surface area contributed by atoms with E-state index in [2.05, 4.69) is 10.3 Å². The summed E-state index contributed by atoms with van der Waals surface area (Å²) in [5.74, 6) is 0.503. The molecule has 2 heterocycles. The number of benzene rings is 2. The predicted octanol–water partition coefficient (Wildman–Crippen LogP) is 4.03. The Kier molecular flexibility index (Phi) is 5.06. The van der Waals surface area contributed by atoms with E-state index in [1.807, 2.05) is 66.4 Å². The van der Waals surface area contributed by atoms with Crippen LogP contribution in [-0.2, 0) is 4.79 Å². The monoisotopic (exact) mass is 373 g/mol. The van der Waals surface area contributed by atoms with Gasteiger partial charge in [0.1, 0.15) is 5.82 Å². The number of anilines is 1. The van der Waals surface area contributed by atoms with Crippen LogP contribution in [0.2, 0.25) is 0 Å². The van der Waals surface area contributed by atoms with Crippen molar-refractivity contribution in [3.05, 3.63) is 71.9 Å². The maximum atomic E-state index is 12.9. The summed E-state index contributed by atoms with van der Waals surface area (Å²) in [6, 6.07) is 17.6. The zero-order valence-corrected chi connectivity index (χ0v) is 15.9. The summed E-state index contributed by atoms with van der Waals surface area (Å²) >= 11 is 0. The fraction of sp³-hybridized carbons (Fsp3) is 0.261. The average Bonchev–Trinajstić information content (AvgIpc) is 2.73. The molecule has 2 aromatic carbocycles. The Morgan fingerprint density at radius 3 is 2.50 bits per heavy atom. The summed E-state index contributed by atoms with van der Waals surface area (Å²) in [7, 11) is 0. The van der Waals surface area contributed by atoms with Crippen LogP contribution in [0.25, 0.3) is 10.8 Å². The highest BCUT2D eigenvalue weighted by Gasteiger charge is 2.28. The largest absolute Gasteiger partial charge is 0.339 e. The third-order valence-corrected chi connectivity index (χ3v) is 5.32. The molecule has 5 heteroatoms. The van der Waals surface area contributed by atoms with E-state index in [4.69, 9.17) is 0 Å². The summed E-state index contributed by atoms with van der Waals surface area (Å²) in [6.45, 7) is 3.14. The number of hydrogen-bond acceptors (Lipinski definition) is 3. The fourth-order valence-electron chi connectivity index (χ4n) is 3.68. The van der Waals surface area contributed by atoms with E-state index in [0.717, 1.165) is 16.3 Å². The van der Waals surface area contributed by atoms with E-state index in [1.165, 1.54) is 0 Å². The molecule has 2 amide bonds. The number of nitrogens with zero attached hydrogens (tertiary/aromatic N) is 2. The molecule has 0 saturated carbocycles. The third kappa shape index (κ3) is 3.88. The van der Waals surface area contributed by atoms with E-state index in [1.54, 1.807) is 6.20 Å². The lowest BCUT2D eigenvalue weighted by Crippen LogP contribution is -2.41. The van der Waals surface area contributed by atoms with Gasteiger partial charge in [-0.05, 0) is 60.4 Å². The molecule has 0 atom stereocenters. The first-order chi connectivity index (χ1) is 13.6. The van der Waals surface area contributed by atoms with Crippen molar-refractivity contribution in [1.82, 2.24) is 9.88 Å². The average molecular weight is 373 g/mol. The van der Waals surface area contributed by atoms with Crippen LogP contribution in [0.3, 0.4) is 0 Å². The Balaban J connectivity index is 1.37. The van der Waals surface area contributed by atoms with Crippen molar-refractivity contribution < 1.29 is 9.59 Å². The summed E-state index contributed by atoms with van der Waals surface area (Å²) in [5, 5.41) is 5.08. The van der Waals surface area contributed by atoms with Crippen LogP contribution in [0.15, 0.2) is 60.8 Å². The number of fused-ring (bicyclic) bond motifs is 1. The topological polar surface area (TPSA) is 62.3 Å².